The number of aliphatic hydroxyl groups excluding tert-OH is 2. The molecule has 1 fully saturated rings. The first-order valence-corrected chi connectivity index (χ1v) is 10.7. The van der Waals surface area contributed by atoms with Gasteiger partial charge in [0.25, 0.3) is 0 Å². The Labute approximate surface area is 199 Å². The first-order valence-electron chi connectivity index (χ1n) is 10.7. The van der Waals surface area contributed by atoms with E-state index >= 15 is 0 Å². The fourth-order valence-corrected chi connectivity index (χ4v) is 4.39. The molecule has 4 aromatic rings. The Hall–Kier alpha value is -4.07. The zero-order chi connectivity index (χ0) is 26.0. The molecule has 5 atom stereocenters. The molecule has 2 aromatic carbocycles. The summed E-state index contributed by atoms with van der Waals surface area (Å²) >= 11 is 0. The number of hydrogen-bond donors (Lipinski definition) is 4. The van der Waals surface area contributed by atoms with Crippen molar-refractivity contribution in [1.82, 2.24) is 0 Å². The van der Waals surface area contributed by atoms with Crippen LogP contribution in [0.1, 0.15) is 13.8 Å². The monoisotopic (exact) mass is 504 g/mol. The van der Waals surface area contributed by atoms with Crippen LogP contribution in [0.2, 0.25) is 0 Å². The lowest BCUT2D eigenvalue weighted by atomic mass is 9.99. The van der Waals surface area contributed by atoms with E-state index in [0.717, 1.165) is 19.1 Å². The second kappa shape index (κ2) is 8.26. The number of esters is 1. The third-order valence-electron chi connectivity index (χ3n) is 6.05. The third kappa shape index (κ3) is 3.39. The van der Waals surface area contributed by atoms with Gasteiger partial charge in [0.2, 0.25) is 17.8 Å². The molecule has 3 heterocycles. The normalized spacial score (nSPS) is 24.4. The van der Waals surface area contributed by atoms with Crippen LogP contribution in [0.5, 0.6) is 23.0 Å². The van der Waals surface area contributed by atoms with Crippen molar-refractivity contribution in [3.63, 3.8) is 0 Å². The van der Waals surface area contributed by atoms with Crippen LogP contribution >= 0.6 is 0 Å². The van der Waals surface area contributed by atoms with Gasteiger partial charge in [0.15, 0.2) is 28.8 Å². The van der Waals surface area contributed by atoms with Crippen LogP contribution in [0, 0.1) is 0 Å². The standard InChI is InChI=1S/C23H20O13/c1-6-14(26)16(28)20(33-7(2)24)23(32-6)34-11-5-9-12-13-8(21(29)35-18(12)15(11)27)4-10(25)17(31-3)19(13)36-22(9)30/h4-6,14,16,20,23,25-28H,1-3H3/t6-,14-,16+,20+,23-/m0/s1. The van der Waals surface area contributed by atoms with Gasteiger partial charge in [-0.25, -0.2) is 9.59 Å². The number of phenolic OH excluding ortho intramolecular Hbond substituents is 2. The maximum Gasteiger partial charge on any atom is 0.344 e. The molecule has 1 aliphatic rings. The van der Waals surface area contributed by atoms with Crippen molar-refractivity contribution in [3.8, 4) is 23.0 Å². The third-order valence-corrected chi connectivity index (χ3v) is 6.05. The summed E-state index contributed by atoms with van der Waals surface area (Å²) in [6, 6.07) is 2.18. The van der Waals surface area contributed by atoms with Gasteiger partial charge in [0.1, 0.15) is 12.2 Å². The maximum absolute atomic E-state index is 12.9. The zero-order valence-electron chi connectivity index (χ0n) is 19.0. The molecule has 5 rings (SSSR count). The van der Waals surface area contributed by atoms with Crippen molar-refractivity contribution in [2.45, 2.75) is 44.6 Å². The Morgan fingerprint density at radius 1 is 0.972 bits per heavy atom. The van der Waals surface area contributed by atoms with Gasteiger partial charge in [-0.15, -0.1) is 0 Å². The molecule has 0 aliphatic carbocycles. The van der Waals surface area contributed by atoms with Crippen molar-refractivity contribution in [2.24, 2.45) is 0 Å². The Bertz CT molecular complexity index is 1620. The van der Waals surface area contributed by atoms with E-state index in [-0.39, 0.29) is 32.9 Å². The molecule has 0 saturated carbocycles. The summed E-state index contributed by atoms with van der Waals surface area (Å²) in [5, 5.41) is 41.4. The lowest BCUT2D eigenvalue weighted by molar-refractivity contribution is -0.273. The van der Waals surface area contributed by atoms with E-state index < -0.39 is 70.8 Å². The number of phenols is 2. The summed E-state index contributed by atoms with van der Waals surface area (Å²) < 4.78 is 32.0. The van der Waals surface area contributed by atoms with Crippen LogP contribution in [0.25, 0.3) is 32.7 Å². The summed E-state index contributed by atoms with van der Waals surface area (Å²) in [6.45, 7) is 2.51. The molecule has 13 heteroatoms. The average Bonchev–Trinajstić information content (AvgIpc) is 2.81. The predicted molar refractivity (Wildman–Crippen MR) is 120 cm³/mol. The molecule has 0 unspecified atom stereocenters. The molecule has 1 aliphatic heterocycles. The van der Waals surface area contributed by atoms with Crippen LogP contribution in [-0.2, 0) is 14.3 Å². The average molecular weight is 504 g/mol. The molecule has 0 radical (unpaired) electrons. The van der Waals surface area contributed by atoms with E-state index in [2.05, 4.69) is 0 Å². The van der Waals surface area contributed by atoms with Gasteiger partial charge in [-0.1, -0.05) is 0 Å². The highest BCUT2D eigenvalue weighted by molar-refractivity contribution is 6.22. The van der Waals surface area contributed by atoms with E-state index in [1.54, 1.807) is 0 Å². The van der Waals surface area contributed by atoms with Crippen molar-refractivity contribution < 1.29 is 53.0 Å². The van der Waals surface area contributed by atoms with Crippen molar-refractivity contribution in [2.75, 3.05) is 7.11 Å². The molecule has 0 spiro atoms. The molecule has 4 N–H and O–H groups in total. The van der Waals surface area contributed by atoms with Crippen LogP contribution < -0.4 is 20.7 Å². The van der Waals surface area contributed by atoms with E-state index in [1.807, 2.05) is 0 Å². The Balaban J connectivity index is 1.73. The first-order chi connectivity index (χ1) is 17.0. The summed E-state index contributed by atoms with van der Waals surface area (Å²) in [5.41, 5.74) is -2.57. The van der Waals surface area contributed by atoms with Gasteiger partial charge in [-0.05, 0) is 19.1 Å². The minimum Gasteiger partial charge on any atom is -0.504 e. The van der Waals surface area contributed by atoms with Crippen molar-refractivity contribution >= 4 is 38.7 Å². The van der Waals surface area contributed by atoms with Gasteiger partial charge in [-0.2, -0.15) is 0 Å². The quantitative estimate of drug-likeness (QED) is 0.172. The number of aliphatic hydroxyl groups is 2. The number of carbonyl (C=O) groups excluding carboxylic acids is 1. The number of carbonyl (C=O) groups is 1. The molecular formula is C23H20O13. The van der Waals surface area contributed by atoms with E-state index in [0.29, 0.717) is 0 Å². The number of aromatic hydroxyl groups is 2. The summed E-state index contributed by atoms with van der Waals surface area (Å²) in [7, 11) is 1.23. The van der Waals surface area contributed by atoms with Crippen LogP contribution in [0.15, 0.2) is 30.6 Å². The smallest absolute Gasteiger partial charge is 0.344 e. The van der Waals surface area contributed by atoms with E-state index in [4.69, 9.17) is 27.8 Å². The van der Waals surface area contributed by atoms with Crippen LogP contribution in [-0.4, -0.2) is 64.2 Å². The Morgan fingerprint density at radius 3 is 2.22 bits per heavy atom. The maximum atomic E-state index is 12.9. The Morgan fingerprint density at radius 2 is 1.58 bits per heavy atom. The van der Waals surface area contributed by atoms with Gasteiger partial charge >= 0.3 is 17.2 Å². The minimum atomic E-state index is -1.60. The van der Waals surface area contributed by atoms with Crippen molar-refractivity contribution in [3.05, 3.63) is 33.0 Å². The zero-order valence-corrected chi connectivity index (χ0v) is 19.0. The van der Waals surface area contributed by atoms with E-state index in [1.165, 1.54) is 14.0 Å². The lowest BCUT2D eigenvalue weighted by Gasteiger charge is -2.40. The second-order valence-electron chi connectivity index (χ2n) is 8.32. The largest absolute Gasteiger partial charge is 0.504 e. The van der Waals surface area contributed by atoms with Crippen LogP contribution in [0.4, 0.5) is 0 Å². The lowest BCUT2D eigenvalue weighted by Crippen LogP contribution is -2.59. The fourth-order valence-electron chi connectivity index (χ4n) is 4.39. The highest BCUT2D eigenvalue weighted by Crippen LogP contribution is 2.45. The van der Waals surface area contributed by atoms with Crippen LogP contribution in [0.3, 0.4) is 0 Å². The molecular weight excluding hydrogens is 484 g/mol. The topological polar surface area (TPSA) is 195 Å². The molecule has 36 heavy (non-hydrogen) atoms. The molecule has 13 nitrogen and oxygen atoms in total. The SMILES string of the molecule is COc1c(O)cc2c(=O)oc3c(O)c(O[C@@H]4O[C@@H](C)[C@H](O)[C@@H](O)[C@H]4OC(C)=O)cc4c(=O)oc1c2c34. The fraction of sp³-hybridized carbons (Fsp3) is 0.348. The van der Waals surface area contributed by atoms with E-state index in [9.17, 15) is 34.8 Å². The predicted octanol–water partition coefficient (Wildman–Crippen LogP) is 0.687. The number of hydrogen-bond acceptors (Lipinski definition) is 13. The molecule has 0 bridgehead atoms. The number of ether oxygens (including phenoxy) is 4. The van der Waals surface area contributed by atoms with Gasteiger partial charge < -0.3 is 48.2 Å². The summed E-state index contributed by atoms with van der Waals surface area (Å²) in [6.07, 6.45) is -7.01. The number of methoxy groups -OCH3 is 1. The van der Waals surface area contributed by atoms with Gasteiger partial charge in [0.05, 0.1) is 24.0 Å². The molecule has 190 valence electrons. The first kappa shape index (κ1) is 23.7. The summed E-state index contributed by atoms with van der Waals surface area (Å²) in [5.74, 6) is -2.60. The number of benzene rings is 2. The van der Waals surface area contributed by atoms with Gasteiger partial charge in [0, 0.05) is 17.7 Å². The summed E-state index contributed by atoms with van der Waals surface area (Å²) in [4.78, 5) is 37.2. The highest BCUT2D eigenvalue weighted by atomic mass is 16.7. The molecule has 0 amide bonds. The molecule has 1 saturated heterocycles. The second-order valence-corrected chi connectivity index (χ2v) is 8.32. The highest BCUT2D eigenvalue weighted by Gasteiger charge is 2.46. The molecule has 2 aromatic heterocycles. The van der Waals surface area contributed by atoms with Gasteiger partial charge in [-0.3, -0.25) is 4.79 Å². The minimum absolute atomic E-state index is 0.00363. The Kier molecular flexibility index (Phi) is 5.43. The number of rotatable bonds is 4. The van der Waals surface area contributed by atoms with Crippen molar-refractivity contribution in [1.29, 1.82) is 0 Å².